The molecule has 1 saturated heterocycles. The van der Waals surface area contributed by atoms with Crippen LogP contribution in [0.3, 0.4) is 0 Å². The molecule has 0 aromatic carbocycles. The first kappa shape index (κ1) is 14.3. The van der Waals surface area contributed by atoms with Gasteiger partial charge < -0.3 is 4.42 Å². The van der Waals surface area contributed by atoms with Crippen LogP contribution < -0.4 is 0 Å². The molecule has 114 valence electrons. The number of hydrogen-bond acceptors (Lipinski definition) is 5. The second-order valence-electron chi connectivity index (χ2n) is 6.19. The molecular formula is C15H23N5O. The van der Waals surface area contributed by atoms with Crippen LogP contribution in [0.5, 0.6) is 0 Å². The summed E-state index contributed by atoms with van der Waals surface area (Å²) < 4.78 is 7.76. The van der Waals surface area contributed by atoms with Crippen LogP contribution in [-0.2, 0) is 13.1 Å². The molecule has 1 aliphatic heterocycles. The Kier molecular flexibility index (Phi) is 4.05. The van der Waals surface area contributed by atoms with Crippen LogP contribution in [-0.4, -0.2) is 37.5 Å². The van der Waals surface area contributed by atoms with Crippen LogP contribution in [0.15, 0.2) is 16.8 Å². The van der Waals surface area contributed by atoms with Crippen molar-refractivity contribution in [1.82, 2.24) is 24.9 Å². The molecule has 0 bridgehead atoms. The lowest BCUT2D eigenvalue weighted by molar-refractivity contribution is 0.198. The van der Waals surface area contributed by atoms with E-state index in [1.165, 1.54) is 18.4 Å². The molecule has 0 radical (unpaired) electrons. The van der Waals surface area contributed by atoms with Crippen LogP contribution in [0.25, 0.3) is 0 Å². The van der Waals surface area contributed by atoms with Gasteiger partial charge in [0.2, 0.25) is 11.8 Å². The number of nitrogens with zero attached hydrogens (tertiary/aromatic N) is 5. The molecule has 3 heterocycles. The molecule has 6 nitrogen and oxygen atoms in total. The third kappa shape index (κ3) is 3.32. The molecule has 0 aliphatic carbocycles. The first-order valence-corrected chi connectivity index (χ1v) is 7.67. The molecule has 0 saturated carbocycles. The molecule has 0 spiro atoms. The van der Waals surface area contributed by atoms with E-state index in [-0.39, 0.29) is 5.92 Å². The minimum absolute atomic E-state index is 0.285. The van der Waals surface area contributed by atoms with Gasteiger partial charge in [0, 0.05) is 18.2 Å². The number of aromatic nitrogens is 4. The van der Waals surface area contributed by atoms with Crippen molar-refractivity contribution in [3.05, 3.63) is 29.7 Å². The van der Waals surface area contributed by atoms with Gasteiger partial charge in [-0.25, -0.2) is 0 Å². The zero-order chi connectivity index (χ0) is 14.8. The molecule has 3 rings (SSSR count). The van der Waals surface area contributed by atoms with Crippen molar-refractivity contribution in [2.24, 2.45) is 0 Å². The lowest BCUT2D eigenvalue weighted by atomic mass is 10.2. The van der Waals surface area contributed by atoms with Gasteiger partial charge in [0.25, 0.3) is 0 Å². The van der Waals surface area contributed by atoms with Crippen molar-refractivity contribution in [3.63, 3.8) is 0 Å². The standard InChI is InChI=1S/C15H23N5O/c1-11(2)15-18-17-14(21-15)10-19-6-4-5-13(19)9-20-8-12(3)7-16-20/h7-8,11,13H,4-6,9-10H2,1-3H3/t13-/m1/s1. The zero-order valence-corrected chi connectivity index (χ0v) is 13.0. The average Bonchev–Trinajstić information content (AvgIpc) is 3.14. The summed E-state index contributed by atoms with van der Waals surface area (Å²) >= 11 is 0. The lowest BCUT2D eigenvalue weighted by Gasteiger charge is -2.22. The smallest absolute Gasteiger partial charge is 0.230 e. The van der Waals surface area contributed by atoms with Crippen LogP contribution >= 0.6 is 0 Å². The maximum absolute atomic E-state index is 5.72. The first-order valence-electron chi connectivity index (χ1n) is 7.67. The largest absolute Gasteiger partial charge is 0.424 e. The summed E-state index contributed by atoms with van der Waals surface area (Å²) in [6.07, 6.45) is 6.42. The number of rotatable bonds is 5. The minimum atomic E-state index is 0.285. The Balaban J connectivity index is 1.63. The predicted molar refractivity (Wildman–Crippen MR) is 78.8 cm³/mol. The van der Waals surface area contributed by atoms with Crippen molar-refractivity contribution < 1.29 is 4.42 Å². The van der Waals surface area contributed by atoms with Gasteiger partial charge in [-0.1, -0.05) is 13.8 Å². The van der Waals surface area contributed by atoms with E-state index in [1.807, 2.05) is 10.9 Å². The summed E-state index contributed by atoms with van der Waals surface area (Å²) in [6.45, 7) is 8.96. The summed E-state index contributed by atoms with van der Waals surface area (Å²) in [5.74, 6) is 1.73. The Labute approximate surface area is 125 Å². The normalized spacial score (nSPS) is 19.7. The van der Waals surface area contributed by atoms with E-state index in [9.17, 15) is 0 Å². The number of aryl methyl sites for hydroxylation is 1. The Hall–Kier alpha value is -1.69. The SMILES string of the molecule is Cc1cnn(C[C@H]2CCCN2Cc2nnc(C(C)C)o2)c1. The van der Waals surface area contributed by atoms with Crippen molar-refractivity contribution in [2.45, 2.75) is 58.7 Å². The van der Waals surface area contributed by atoms with Crippen LogP contribution in [0.4, 0.5) is 0 Å². The highest BCUT2D eigenvalue weighted by atomic mass is 16.4. The summed E-state index contributed by atoms with van der Waals surface area (Å²) in [7, 11) is 0. The van der Waals surface area contributed by atoms with Gasteiger partial charge in [-0.15, -0.1) is 10.2 Å². The van der Waals surface area contributed by atoms with Gasteiger partial charge in [0.15, 0.2) is 0 Å². The third-order valence-electron chi connectivity index (χ3n) is 3.97. The van der Waals surface area contributed by atoms with Gasteiger partial charge in [-0.2, -0.15) is 5.10 Å². The Bertz CT molecular complexity index is 588. The molecule has 2 aromatic rings. The van der Waals surface area contributed by atoms with Crippen molar-refractivity contribution >= 4 is 0 Å². The van der Waals surface area contributed by atoms with Crippen LogP contribution in [0.1, 0.15) is 50.0 Å². The summed E-state index contributed by atoms with van der Waals surface area (Å²) in [6, 6.07) is 0.499. The second kappa shape index (κ2) is 5.97. The quantitative estimate of drug-likeness (QED) is 0.845. The fourth-order valence-corrected chi connectivity index (χ4v) is 2.83. The summed E-state index contributed by atoms with van der Waals surface area (Å²) in [5, 5.41) is 12.7. The van der Waals surface area contributed by atoms with Gasteiger partial charge in [-0.05, 0) is 31.9 Å². The topological polar surface area (TPSA) is 60.0 Å². The van der Waals surface area contributed by atoms with Gasteiger partial charge in [0.1, 0.15) is 0 Å². The van der Waals surface area contributed by atoms with E-state index in [0.717, 1.165) is 31.4 Å². The highest BCUT2D eigenvalue weighted by Gasteiger charge is 2.26. The van der Waals surface area contributed by atoms with E-state index in [2.05, 4.69) is 47.2 Å². The fraction of sp³-hybridized carbons (Fsp3) is 0.667. The molecule has 0 unspecified atom stereocenters. The van der Waals surface area contributed by atoms with Crippen molar-refractivity contribution in [2.75, 3.05) is 6.54 Å². The van der Waals surface area contributed by atoms with E-state index in [0.29, 0.717) is 6.04 Å². The van der Waals surface area contributed by atoms with E-state index in [4.69, 9.17) is 4.42 Å². The maximum Gasteiger partial charge on any atom is 0.230 e. The maximum atomic E-state index is 5.72. The summed E-state index contributed by atoms with van der Waals surface area (Å²) in [4.78, 5) is 2.43. The first-order chi connectivity index (χ1) is 10.1. The van der Waals surface area contributed by atoms with E-state index in [1.54, 1.807) is 0 Å². The van der Waals surface area contributed by atoms with Crippen LogP contribution in [0.2, 0.25) is 0 Å². The fourth-order valence-electron chi connectivity index (χ4n) is 2.83. The van der Waals surface area contributed by atoms with Crippen molar-refractivity contribution in [3.8, 4) is 0 Å². The second-order valence-corrected chi connectivity index (χ2v) is 6.19. The van der Waals surface area contributed by atoms with Gasteiger partial charge in [0.05, 0.1) is 19.3 Å². The van der Waals surface area contributed by atoms with E-state index < -0.39 is 0 Å². The highest BCUT2D eigenvalue weighted by molar-refractivity contribution is 5.00. The molecular weight excluding hydrogens is 266 g/mol. The van der Waals surface area contributed by atoms with Crippen LogP contribution in [0, 0.1) is 6.92 Å². The molecule has 1 fully saturated rings. The monoisotopic (exact) mass is 289 g/mol. The average molecular weight is 289 g/mol. The van der Waals surface area contributed by atoms with Gasteiger partial charge >= 0.3 is 0 Å². The third-order valence-corrected chi connectivity index (χ3v) is 3.97. The van der Waals surface area contributed by atoms with E-state index >= 15 is 0 Å². The Morgan fingerprint density at radius 2 is 2.24 bits per heavy atom. The molecule has 0 N–H and O–H groups in total. The molecule has 1 atom stereocenters. The van der Waals surface area contributed by atoms with Gasteiger partial charge in [-0.3, -0.25) is 9.58 Å². The molecule has 0 amide bonds. The molecule has 1 aliphatic rings. The molecule has 6 heteroatoms. The Morgan fingerprint density at radius 1 is 1.38 bits per heavy atom. The number of likely N-dealkylation sites (tertiary alicyclic amines) is 1. The Morgan fingerprint density at radius 3 is 2.90 bits per heavy atom. The zero-order valence-electron chi connectivity index (χ0n) is 13.0. The highest BCUT2D eigenvalue weighted by Crippen LogP contribution is 2.22. The summed E-state index contributed by atoms with van der Waals surface area (Å²) in [5.41, 5.74) is 1.21. The molecule has 2 aromatic heterocycles. The molecule has 21 heavy (non-hydrogen) atoms. The number of hydrogen-bond donors (Lipinski definition) is 0. The minimum Gasteiger partial charge on any atom is -0.424 e. The van der Waals surface area contributed by atoms with Crippen molar-refractivity contribution in [1.29, 1.82) is 0 Å². The predicted octanol–water partition coefficient (Wildman–Crippen LogP) is 2.36. The lowest BCUT2D eigenvalue weighted by Crippen LogP contribution is -2.32.